The molecule has 0 aromatic heterocycles. The Hall–Kier alpha value is -0.560. The van der Waals surface area contributed by atoms with Crippen LogP contribution in [0.4, 0.5) is 0 Å². The van der Waals surface area contributed by atoms with Crippen molar-refractivity contribution in [1.29, 1.82) is 0 Å². The van der Waals surface area contributed by atoms with Crippen molar-refractivity contribution < 1.29 is 8.42 Å². The molecule has 1 N–H and O–H groups in total. The Morgan fingerprint density at radius 2 is 2.21 bits per heavy atom. The molecule has 1 aliphatic heterocycles. The van der Waals surface area contributed by atoms with Gasteiger partial charge in [-0.15, -0.1) is 11.8 Å². The van der Waals surface area contributed by atoms with E-state index in [9.17, 15) is 8.42 Å². The molecule has 0 bridgehead atoms. The van der Waals surface area contributed by atoms with Gasteiger partial charge < -0.3 is 5.32 Å². The smallest absolute Gasteiger partial charge is 0.243 e. The zero-order valence-electron chi connectivity index (χ0n) is 11.3. The van der Waals surface area contributed by atoms with Crippen molar-refractivity contribution >= 4 is 21.8 Å². The van der Waals surface area contributed by atoms with Gasteiger partial charge in [-0.2, -0.15) is 4.31 Å². The minimum Gasteiger partial charge on any atom is -0.316 e. The van der Waals surface area contributed by atoms with E-state index >= 15 is 0 Å². The van der Waals surface area contributed by atoms with E-state index in [0.29, 0.717) is 18.0 Å². The summed E-state index contributed by atoms with van der Waals surface area (Å²) in [4.78, 5) is 1.37. The Kier molecular flexibility index (Phi) is 4.89. The third kappa shape index (κ3) is 3.31. The highest BCUT2D eigenvalue weighted by atomic mass is 32.2. The van der Waals surface area contributed by atoms with Crippen LogP contribution in [0.25, 0.3) is 0 Å². The molecule has 1 aromatic rings. The van der Waals surface area contributed by atoms with Gasteiger partial charge in [-0.05, 0) is 44.3 Å². The molecule has 1 heterocycles. The molecule has 0 amide bonds. The molecule has 2 rings (SSSR count). The van der Waals surface area contributed by atoms with Crippen molar-refractivity contribution in [1.82, 2.24) is 9.62 Å². The molecule has 1 saturated heterocycles. The maximum Gasteiger partial charge on any atom is 0.243 e. The van der Waals surface area contributed by atoms with Gasteiger partial charge in [0.1, 0.15) is 0 Å². The summed E-state index contributed by atoms with van der Waals surface area (Å²) in [6, 6.07) is 7.42. The fourth-order valence-electron chi connectivity index (χ4n) is 2.31. The Morgan fingerprint density at radius 1 is 1.42 bits per heavy atom. The van der Waals surface area contributed by atoms with Crippen LogP contribution in [0.5, 0.6) is 0 Å². The first-order valence-corrected chi connectivity index (χ1v) is 9.06. The average molecular weight is 300 g/mol. The SMILES string of the molecule is CNC1CCCN(S(=O)(=O)c2cccc(SC)c2)C1. The lowest BCUT2D eigenvalue weighted by molar-refractivity contribution is 0.293. The van der Waals surface area contributed by atoms with Crippen LogP contribution in [0.1, 0.15) is 12.8 Å². The van der Waals surface area contributed by atoms with Crippen LogP contribution < -0.4 is 5.32 Å². The lowest BCUT2D eigenvalue weighted by Crippen LogP contribution is -2.46. The number of sulfonamides is 1. The quantitative estimate of drug-likeness (QED) is 0.861. The van der Waals surface area contributed by atoms with Crippen molar-refractivity contribution in [3.05, 3.63) is 24.3 Å². The van der Waals surface area contributed by atoms with Gasteiger partial charge in [0.15, 0.2) is 0 Å². The fraction of sp³-hybridized carbons (Fsp3) is 0.538. The lowest BCUT2D eigenvalue weighted by Gasteiger charge is -2.31. The zero-order chi connectivity index (χ0) is 13.9. The van der Waals surface area contributed by atoms with Gasteiger partial charge in [-0.3, -0.25) is 0 Å². The van der Waals surface area contributed by atoms with E-state index in [-0.39, 0.29) is 6.04 Å². The van der Waals surface area contributed by atoms with Crippen molar-refractivity contribution in [2.45, 2.75) is 28.7 Å². The van der Waals surface area contributed by atoms with Gasteiger partial charge in [0.05, 0.1) is 4.90 Å². The highest BCUT2D eigenvalue weighted by Crippen LogP contribution is 2.24. The topological polar surface area (TPSA) is 49.4 Å². The molecule has 19 heavy (non-hydrogen) atoms. The summed E-state index contributed by atoms with van der Waals surface area (Å²) in [5, 5.41) is 3.17. The minimum absolute atomic E-state index is 0.257. The summed E-state index contributed by atoms with van der Waals surface area (Å²) in [5.41, 5.74) is 0. The summed E-state index contributed by atoms with van der Waals surface area (Å²) in [7, 11) is -1.47. The number of nitrogens with zero attached hydrogens (tertiary/aromatic N) is 1. The van der Waals surface area contributed by atoms with Crippen molar-refractivity contribution in [3.63, 3.8) is 0 Å². The second-order valence-electron chi connectivity index (χ2n) is 4.67. The van der Waals surface area contributed by atoms with Gasteiger partial charge in [0.2, 0.25) is 10.0 Å². The molecule has 106 valence electrons. The van der Waals surface area contributed by atoms with Crippen LogP contribution in [-0.2, 0) is 10.0 Å². The van der Waals surface area contributed by atoms with E-state index in [4.69, 9.17) is 0 Å². The third-order valence-electron chi connectivity index (χ3n) is 3.47. The monoisotopic (exact) mass is 300 g/mol. The second-order valence-corrected chi connectivity index (χ2v) is 7.49. The number of nitrogens with one attached hydrogen (secondary N) is 1. The van der Waals surface area contributed by atoms with Crippen LogP contribution in [0, 0.1) is 0 Å². The number of thioether (sulfide) groups is 1. The van der Waals surface area contributed by atoms with Crippen LogP contribution in [-0.4, -0.2) is 45.2 Å². The highest BCUT2D eigenvalue weighted by molar-refractivity contribution is 7.98. The van der Waals surface area contributed by atoms with E-state index in [1.54, 1.807) is 34.3 Å². The van der Waals surface area contributed by atoms with E-state index in [2.05, 4.69) is 5.32 Å². The van der Waals surface area contributed by atoms with Crippen molar-refractivity contribution in [2.75, 3.05) is 26.4 Å². The molecule has 0 saturated carbocycles. The van der Waals surface area contributed by atoms with Gasteiger partial charge in [0.25, 0.3) is 0 Å². The molecular formula is C13H20N2O2S2. The maximum absolute atomic E-state index is 12.6. The van der Waals surface area contributed by atoms with Crippen molar-refractivity contribution in [3.8, 4) is 0 Å². The first-order valence-electron chi connectivity index (χ1n) is 6.39. The molecule has 0 spiro atoms. The molecular weight excluding hydrogens is 280 g/mol. The van der Waals surface area contributed by atoms with E-state index in [0.717, 1.165) is 17.7 Å². The minimum atomic E-state index is -3.36. The number of likely N-dealkylation sites (N-methyl/N-ethyl adjacent to an activating group) is 1. The molecule has 0 radical (unpaired) electrons. The standard InChI is InChI=1S/C13H20N2O2S2/c1-14-11-5-4-8-15(10-11)19(16,17)13-7-3-6-12(9-13)18-2/h3,6-7,9,11,14H,4-5,8,10H2,1-2H3. The van der Waals surface area contributed by atoms with Gasteiger partial charge in [0, 0.05) is 24.0 Å². The first kappa shape index (κ1) is 14.8. The summed E-state index contributed by atoms with van der Waals surface area (Å²) in [5.74, 6) is 0. The molecule has 0 aliphatic carbocycles. The Bertz CT molecular complexity index is 531. The number of benzene rings is 1. The second kappa shape index (κ2) is 6.26. The number of rotatable bonds is 4. The van der Waals surface area contributed by atoms with Crippen LogP contribution in [0.2, 0.25) is 0 Å². The first-order chi connectivity index (χ1) is 9.07. The molecule has 1 unspecified atom stereocenters. The highest BCUT2D eigenvalue weighted by Gasteiger charge is 2.29. The molecule has 6 heteroatoms. The molecule has 1 fully saturated rings. The van der Waals surface area contributed by atoms with E-state index in [1.165, 1.54) is 0 Å². The number of piperidine rings is 1. The van der Waals surface area contributed by atoms with E-state index < -0.39 is 10.0 Å². The van der Waals surface area contributed by atoms with Gasteiger partial charge in [-0.1, -0.05) is 6.07 Å². The predicted molar refractivity (Wildman–Crippen MR) is 79.1 cm³/mol. The average Bonchev–Trinajstić information content (AvgIpc) is 2.47. The molecule has 1 atom stereocenters. The largest absolute Gasteiger partial charge is 0.316 e. The summed E-state index contributed by atoms with van der Waals surface area (Å²) >= 11 is 1.56. The predicted octanol–water partition coefficient (Wildman–Crippen LogP) is 1.78. The van der Waals surface area contributed by atoms with Crippen LogP contribution in [0.15, 0.2) is 34.1 Å². The van der Waals surface area contributed by atoms with Crippen LogP contribution in [0.3, 0.4) is 0 Å². The fourth-order valence-corrected chi connectivity index (χ4v) is 4.41. The normalized spacial score (nSPS) is 21.5. The molecule has 4 nitrogen and oxygen atoms in total. The maximum atomic E-state index is 12.6. The zero-order valence-corrected chi connectivity index (χ0v) is 12.9. The third-order valence-corrected chi connectivity index (χ3v) is 6.06. The summed E-state index contributed by atoms with van der Waals surface area (Å²) < 4.78 is 26.8. The Labute approximate surface area is 119 Å². The number of hydrogen-bond acceptors (Lipinski definition) is 4. The molecule has 1 aromatic carbocycles. The lowest BCUT2D eigenvalue weighted by atomic mass is 10.1. The number of hydrogen-bond donors (Lipinski definition) is 1. The van der Waals surface area contributed by atoms with Crippen LogP contribution >= 0.6 is 11.8 Å². The molecule has 1 aliphatic rings. The Morgan fingerprint density at radius 3 is 2.89 bits per heavy atom. The van der Waals surface area contributed by atoms with Gasteiger partial charge >= 0.3 is 0 Å². The van der Waals surface area contributed by atoms with Crippen molar-refractivity contribution in [2.24, 2.45) is 0 Å². The van der Waals surface area contributed by atoms with Gasteiger partial charge in [-0.25, -0.2) is 8.42 Å². The Balaban J connectivity index is 2.25. The van der Waals surface area contributed by atoms with E-state index in [1.807, 2.05) is 19.4 Å². The summed E-state index contributed by atoms with van der Waals surface area (Å²) in [6.07, 6.45) is 3.89. The summed E-state index contributed by atoms with van der Waals surface area (Å²) in [6.45, 7) is 1.17.